The summed E-state index contributed by atoms with van der Waals surface area (Å²) in [5, 5.41) is 6.47. The standard InChI is InChI=1S/C16H24N2O/c1-3-12-6-5-7-13(4-2)16(12)18-15(19)10-11-17-14-8-9-14/h5-7,14,17H,3-4,8-11H2,1-2H3,(H,18,19). The summed E-state index contributed by atoms with van der Waals surface area (Å²) >= 11 is 0. The highest BCUT2D eigenvalue weighted by Crippen LogP contribution is 2.23. The Morgan fingerprint density at radius 2 is 1.84 bits per heavy atom. The Bertz CT molecular complexity index is 416. The molecular weight excluding hydrogens is 236 g/mol. The van der Waals surface area contributed by atoms with Crippen LogP contribution in [0.15, 0.2) is 18.2 Å². The van der Waals surface area contributed by atoms with Gasteiger partial charge in [0.1, 0.15) is 0 Å². The van der Waals surface area contributed by atoms with Crippen molar-refractivity contribution in [1.29, 1.82) is 0 Å². The number of amides is 1. The predicted molar refractivity (Wildman–Crippen MR) is 79.5 cm³/mol. The zero-order chi connectivity index (χ0) is 13.7. The Morgan fingerprint density at radius 1 is 1.21 bits per heavy atom. The lowest BCUT2D eigenvalue weighted by molar-refractivity contribution is -0.116. The van der Waals surface area contributed by atoms with E-state index in [9.17, 15) is 4.79 Å². The molecule has 3 heteroatoms. The van der Waals surface area contributed by atoms with Crippen LogP contribution < -0.4 is 10.6 Å². The molecule has 1 saturated carbocycles. The molecule has 0 saturated heterocycles. The molecule has 1 fully saturated rings. The van der Waals surface area contributed by atoms with Gasteiger partial charge in [0.15, 0.2) is 0 Å². The van der Waals surface area contributed by atoms with Gasteiger partial charge >= 0.3 is 0 Å². The number of carbonyl (C=O) groups excluding carboxylic acids is 1. The van der Waals surface area contributed by atoms with E-state index in [0.29, 0.717) is 12.5 Å². The fourth-order valence-electron chi connectivity index (χ4n) is 2.28. The second-order valence-corrected chi connectivity index (χ2v) is 5.18. The van der Waals surface area contributed by atoms with E-state index in [1.165, 1.54) is 24.0 Å². The minimum atomic E-state index is 0.115. The number of aryl methyl sites for hydroxylation is 2. The van der Waals surface area contributed by atoms with Crippen molar-refractivity contribution < 1.29 is 4.79 Å². The minimum absolute atomic E-state index is 0.115. The minimum Gasteiger partial charge on any atom is -0.326 e. The van der Waals surface area contributed by atoms with Crippen LogP contribution in [0.3, 0.4) is 0 Å². The summed E-state index contributed by atoms with van der Waals surface area (Å²) in [5.41, 5.74) is 3.48. The van der Waals surface area contributed by atoms with Gasteiger partial charge in [-0.1, -0.05) is 32.0 Å². The Labute approximate surface area is 115 Å². The summed E-state index contributed by atoms with van der Waals surface area (Å²) in [4.78, 5) is 12.0. The molecule has 0 aliphatic heterocycles. The average Bonchev–Trinajstić information content (AvgIpc) is 3.23. The molecule has 0 atom stereocenters. The Kier molecular flexibility index (Phi) is 4.97. The van der Waals surface area contributed by atoms with Crippen LogP contribution in [0.1, 0.15) is 44.2 Å². The van der Waals surface area contributed by atoms with Crippen LogP contribution in [0.5, 0.6) is 0 Å². The van der Waals surface area contributed by atoms with E-state index in [4.69, 9.17) is 0 Å². The van der Waals surface area contributed by atoms with Crippen molar-refractivity contribution >= 4 is 11.6 Å². The molecule has 0 unspecified atom stereocenters. The van der Waals surface area contributed by atoms with Gasteiger partial charge < -0.3 is 10.6 Å². The number of para-hydroxylation sites is 1. The Morgan fingerprint density at radius 3 is 2.37 bits per heavy atom. The van der Waals surface area contributed by atoms with E-state index in [-0.39, 0.29) is 5.91 Å². The van der Waals surface area contributed by atoms with E-state index in [0.717, 1.165) is 25.1 Å². The molecule has 0 spiro atoms. The maximum atomic E-state index is 12.0. The predicted octanol–water partition coefficient (Wildman–Crippen LogP) is 2.89. The summed E-state index contributed by atoms with van der Waals surface area (Å²) in [5.74, 6) is 0.115. The van der Waals surface area contributed by atoms with Gasteiger partial charge in [-0.15, -0.1) is 0 Å². The number of benzene rings is 1. The molecular formula is C16H24N2O. The smallest absolute Gasteiger partial charge is 0.225 e. The van der Waals surface area contributed by atoms with Crippen LogP contribution in [0, 0.1) is 0 Å². The zero-order valence-electron chi connectivity index (χ0n) is 12.0. The zero-order valence-corrected chi connectivity index (χ0v) is 12.0. The summed E-state index contributed by atoms with van der Waals surface area (Å²) in [7, 11) is 0. The van der Waals surface area contributed by atoms with Crippen LogP contribution in [0.25, 0.3) is 0 Å². The largest absolute Gasteiger partial charge is 0.326 e. The van der Waals surface area contributed by atoms with Crippen molar-refractivity contribution in [2.24, 2.45) is 0 Å². The van der Waals surface area contributed by atoms with Gasteiger partial charge in [-0.2, -0.15) is 0 Å². The number of hydrogen-bond acceptors (Lipinski definition) is 2. The number of rotatable bonds is 7. The highest BCUT2D eigenvalue weighted by atomic mass is 16.1. The van der Waals surface area contributed by atoms with Crippen molar-refractivity contribution in [2.45, 2.75) is 52.0 Å². The quantitative estimate of drug-likeness (QED) is 0.791. The molecule has 2 rings (SSSR count). The van der Waals surface area contributed by atoms with Gasteiger partial charge in [0.25, 0.3) is 0 Å². The van der Waals surface area contributed by atoms with E-state index >= 15 is 0 Å². The maximum Gasteiger partial charge on any atom is 0.225 e. The number of anilines is 1. The van der Waals surface area contributed by atoms with E-state index in [1.54, 1.807) is 0 Å². The molecule has 0 aromatic heterocycles. The second kappa shape index (κ2) is 6.71. The Balaban J connectivity index is 1.93. The number of carbonyl (C=O) groups is 1. The van der Waals surface area contributed by atoms with Crippen LogP contribution in [-0.2, 0) is 17.6 Å². The summed E-state index contributed by atoms with van der Waals surface area (Å²) < 4.78 is 0. The van der Waals surface area contributed by atoms with Crippen molar-refractivity contribution in [2.75, 3.05) is 11.9 Å². The average molecular weight is 260 g/mol. The van der Waals surface area contributed by atoms with Gasteiger partial charge in [0, 0.05) is 24.7 Å². The SMILES string of the molecule is CCc1cccc(CC)c1NC(=O)CCNC1CC1. The fraction of sp³-hybridized carbons (Fsp3) is 0.562. The third kappa shape index (κ3) is 4.06. The molecule has 19 heavy (non-hydrogen) atoms. The van der Waals surface area contributed by atoms with Crippen molar-refractivity contribution in [3.63, 3.8) is 0 Å². The van der Waals surface area contributed by atoms with Gasteiger partial charge in [-0.25, -0.2) is 0 Å². The van der Waals surface area contributed by atoms with Gasteiger partial charge in [-0.3, -0.25) is 4.79 Å². The van der Waals surface area contributed by atoms with Gasteiger partial charge in [0.2, 0.25) is 5.91 Å². The third-order valence-electron chi connectivity index (χ3n) is 3.63. The monoisotopic (exact) mass is 260 g/mol. The van der Waals surface area contributed by atoms with Crippen LogP contribution in [-0.4, -0.2) is 18.5 Å². The first kappa shape index (κ1) is 14.1. The van der Waals surface area contributed by atoms with Crippen LogP contribution >= 0.6 is 0 Å². The van der Waals surface area contributed by atoms with Crippen molar-refractivity contribution in [3.8, 4) is 0 Å². The fourth-order valence-corrected chi connectivity index (χ4v) is 2.28. The molecule has 1 amide bonds. The van der Waals surface area contributed by atoms with Gasteiger partial charge in [-0.05, 0) is 36.8 Å². The molecule has 1 aromatic rings. The Hall–Kier alpha value is -1.35. The van der Waals surface area contributed by atoms with Crippen molar-refractivity contribution in [1.82, 2.24) is 5.32 Å². The summed E-state index contributed by atoms with van der Waals surface area (Å²) in [6.07, 6.45) is 4.98. The van der Waals surface area contributed by atoms with Gasteiger partial charge in [0.05, 0.1) is 0 Å². The highest BCUT2D eigenvalue weighted by molar-refractivity contribution is 5.92. The highest BCUT2D eigenvalue weighted by Gasteiger charge is 2.20. The number of nitrogens with one attached hydrogen (secondary N) is 2. The topological polar surface area (TPSA) is 41.1 Å². The lowest BCUT2D eigenvalue weighted by atomic mass is 10.0. The normalized spacial score (nSPS) is 14.4. The lowest BCUT2D eigenvalue weighted by Crippen LogP contribution is -2.23. The molecule has 104 valence electrons. The molecule has 1 aliphatic carbocycles. The molecule has 1 aliphatic rings. The lowest BCUT2D eigenvalue weighted by Gasteiger charge is -2.14. The summed E-state index contributed by atoms with van der Waals surface area (Å²) in [6.45, 7) is 5.03. The van der Waals surface area contributed by atoms with Crippen LogP contribution in [0.4, 0.5) is 5.69 Å². The molecule has 3 nitrogen and oxygen atoms in total. The van der Waals surface area contributed by atoms with E-state index < -0.39 is 0 Å². The number of hydrogen-bond donors (Lipinski definition) is 2. The third-order valence-corrected chi connectivity index (χ3v) is 3.63. The maximum absolute atomic E-state index is 12.0. The van der Waals surface area contributed by atoms with Crippen LogP contribution in [0.2, 0.25) is 0 Å². The van der Waals surface area contributed by atoms with E-state index in [1.807, 2.05) is 0 Å². The van der Waals surface area contributed by atoms with E-state index in [2.05, 4.69) is 42.7 Å². The first-order valence-corrected chi connectivity index (χ1v) is 7.38. The second-order valence-electron chi connectivity index (χ2n) is 5.18. The molecule has 2 N–H and O–H groups in total. The molecule has 0 radical (unpaired) electrons. The molecule has 1 aromatic carbocycles. The first-order chi connectivity index (χ1) is 9.24. The van der Waals surface area contributed by atoms with Crippen molar-refractivity contribution in [3.05, 3.63) is 29.3 Å². The molecule has 0 heterocycles. The summed E-state index contributed by atoms with van der Waals surface area (Å²) in [6, 6.07) is 6.93. The molecule has 0 bridgehead atoms. The first-order valence-electron chi connectivity index (χ1n) is 7.38.